The van der Waals surface area contributed by atoms with Crippen molar-refractivity contribution in [2.45, 2.75) is 42.4 Å². The van der Waals surface area contributed by atoms with Crippen LogP contribution in [0.4, 0.5) is 5.82 Å². The summed E-state index contributed by atoms with van der Waals surface area (Å²) in [5.41, 5.74) is 1.90. The zero-order valence-corrected chi connectivity index (χ0v) is 20.9. The summed E-state index contributed by atoms with van der Waals surface area (Å²) < 4.78 is 29.0. The minimum absolute atomic E-state index is 0.146. The molecule has 3 heterocycles. The highest BCUT2D eigenvalue weighted by atomic mass is 35.5. The lowest BCUT2D eigenvalue weighted by Gasteiger charge is -2.19. The maximum atomic E-state index is 13.7. The molecule has 0 N–H and O–H groups in total. The Morgan fingerprint density at radius 1 is 1.26 bits per heavy atom. The van der Waals surface area contributed by atoms with E-state index in [2.05, 4.69) is 23.1 Å². The maximum Gasteiger partial charge on any atom is 0.194 e. The fraction of sp³-hybridized carbons (Fsp3) is 0.455. The molecule has 2 atom stereocenters. The Labute approximate surface area is 194 Å². The van der Waals surface area contributed by atoms with Gasteiger partial charge in [-0.05, 0) is 32.4 Å². The predicted molar refractivity (Wildman–Crippen MR) is 131 cm³/mol. The van der Waals surface area contributed by atoms with Crippen molar-refractivity contribution in [2.75, 3.05) is 26.4 Å². The molecule has 2 unspecified atom stereocenters. The van der Waals surface area contributed by atoms with Crippen molar-refractivity contribution in [3.63, 3.8) is 0 Å². The third-order valence-electron chi connectivity index (χ3n) is 5.37. The van der Waals surface area contributed by atoms with E-state index in [1.165, 1.54) is 11.8 Å². The van der Waals surface area contributed by atoms with Crippen molar-refractivity contribution >= 4 is 50.4 Å². The minimum atomic E-state index is -3.75. The molecule has 0 amide bonds. The van der Waals surface area contributed by atoms with Crippen molar-refractivity contribution in [1.82, 2.24) is 14.7 Å². The highest BCUT2D eigenvalue weighted by Crippen LogP contribution is 2.41. The molecule has 168 valence electrons. The van der Waals surface area contributed by atoms with Gasteiger partial charge in [-0.25, -0.2) is 18.1 Å². The van der Waals surface area contributed by atoms with E-state index in [9.17, 15) is 8.42 Å². The molecule has 31 heavy (non-hydrogen) atoms. The summed E-state index contributed by atoms with van der Waals surface area (Å²) in [6, 6.07) is 0. The van der Waals surface area contributed by atoms with Crippen LogP contribution in [0, 0.1) is 5.92 Å². The first kappa shape index (κ1) is 24.0. The quantitative estimate of drug-likeness (QED) is 0.574. The van der Waals surface area contributed by atoms with Gasteiger partial charge in [0.05, 0.1) is 0 Å². The summed E-state index contributed by atoms with van der Waals surface area (Å²) >= 11 is 7.36. The molecule has 0 saturated heterocycles. The van der Waals surface area contributed by atoms with Crippen LogP contribution < -0.4 is 0 Å². The smallest absolute Gasteiger partial charge is 0.194 e. The lowest BCUT2D eigenvalue weighted by Crippen LogP contribution is -2.27. The van der Waals surface area contributed by atoms with Crippen molar-refractivity contribution in [3.05, 3.63) is 41.5 Å². The molecule has 1 aromatic heterocycles. The van der Waals surface area contributed by atoms with Crippen molar-refractivity contribution < 1.29 is 8.42 Å². The molecule has 6 nitrogen and oxygen atoms in total. The standard InChI is InChI=1S/C20H23ClN4O2S2.C2H6/c1-13-14-11-16(9-10-24(2)12-14)25-19(22-13)18(20(23-25)28-3)29(26,27)17-6-4-5-15(21)7-8-17;1-2/h4-8,11,14,17H,9-10,12H2,1-3H3;1-2H3. The minimum Gasteiger partial charge on any atom is -0.305 e. The van der Waals surface area contributed by atoms with Crippen LogP contribution in [-0.2, 0) is 9.84 Å². The first-order valence-electron chi connectivity index (χ1n) is 10.4. The van der Waals surface area contributed by atoms with Crippen LogP contribution in [-0.4, -0.2) is 60.5 Å². The molecule has 4 rings (SSSR count). The second-order valence-electron chi connectivity index (χ2n) is 7.41. The Kier molecular flexibility index (Phi) is 7.68. The van der Waals surface area contributed by atoms with Crippen LogP contribution in [0.1, 0.15) is 27.2 Å². The highest BCUT2D eigenvalue weighted by molar-refractivity contribution is 7.99. The van der Waals surface area contributed by atoms with Crippen molar-refractivity contribution in [3.8, 4) is 0 Å². The van der Waals surface area contributed by atoms with Gasteiger partial charge in [0.25, 0.3) is 0 Å². The van der Waals surface area contributed by atoms with Crippen LogP contribution in [0.5, 0.6) is 0 Å². The van der Waals surface area contributed by atoms with Crippen LogP contribution in [0.3, 0.4) is 0 Å². The van der Waals surface area contributed by atoms with Crippen LogP contribution >= 0.6 is 23.4 Å². The highest BCUT2D eigenvalue weighted by Gasteiger charge is 2.36. The number of aromatic nitrogens is 2. The Morgan fingerprint density at radius 3 is 2.71 bits per heavy atom. The van der Waals surface area contributed by atoms with Gasteiger partial charge in [0.15, 0.2) is 15.7 Å². The molecule has 1 aliphatic carbocycles. The van der Waals surface area contributed by atoms with E-state index >= 15 is 0 Å². The van der Waals surface area contributed by atoms with Gasteiger partial charge >= 0.3 is 0 Å². The van der Waals surface area contributed by atoms with E-state index in [-0.39, 0.29) is 10.8 Å². The molecule has 0 saturated carbocycles. The van der Waals surface area contributed by atoms with Crippen molar-refractivity contribution in [1.29, 1.82) is 0 Å². The number of rotatable bonds is 3. The van der Waals surface area contributed by atoms with Gasteiger partial charge < -0.3 is 4.90 Å². The molecule has 2 bridgehead atoms. The van der Waals surface area contributed by atoms with E-state index in [0.717, 1.165) is 30.9 Å². The zero-order chi connectivity index (χ0) is 22.8. The Morgan fingerprint density at radius 2 is 2.00 bits per heavy atom. The summed E-state index contributed by atoms with van der Waals surface area (Å²) in [5.74, 6) is 0.559. The molecular formula is C22H29ClN4O2S2. The second kappa shape index (κ2) is 9.90. The van der Waals surface area contributed by atoms with Gasteiger partial charge in [-0.3, -0.25) is 0 Å². The van der Waals surface area contributed by atoms with E-state index in [1.807, 2.05) is 27.0 Å². The second-order valence-corrected chi connectivity index (χ2v) is 10.7. The van der Waals surface area contributed by atoms with Crippen LogP contribution in [0.25, 0.3) is 5.70 Å². The van der Waals surface area contributed by atoms with E-state index < -0.39 is 15.1 Å². The lowest BCUT2D eigenvalue weighted by atomic mass is 10.0. The normalized spacial score (nSPS) is 23.4. The third kappa shape index (κ3) is 4.77. The molecular weight excluding hydrogens is 452 g/mol. The molecule has 1 aromatic rings. The molecule has 0 fully saturated rings. The van der Waals surface area contributed by atoms with Crippen LogP contribution in [0.2, 0.25) is 0 Å². The van der Waals surface area contributed by atoms with E-state index in [4.69, 9.17) is 16.6 Å². The monoisotopic (exact) mass is 480 g/mol. The number of allylic oxidation sites excluding steroid dienone is 4. The summed E-state index contributed by atoms with van der Waals surface area (Å²) in [6.07, 6.45) is 13.0. The number of fused-ring (bicyclic) bond motifs is 3. The number of hydrogen-bond donors (Lipinski definition) is 0. The molecule has 0 spiro atoms. The first-order valence-corrected chi connectivity index (χ1v) is 13.5. The zero-order valence-electron chi connectivity index (χ0n) is 18.5. The number of thioether (sulfide) groups is 1. The largest absolute Gasteiger partial charge is 0.305 e. The summed E-state index contributed by atoms with van der Waals surface area (Å²) in [7, 11) is -1.66. The van der Waals surface area contributed by atoms with Gasteiger partial charge in [-0.2, -0.15) is 5.10 Å². The summed E-state index contributed by atoms with van der Waals surface area (Å²) in [4.78, 5) is 7.25. The van der Waals surface area contributed by atoms with Crippen molar-refractivity contribution in [2.24, 2.45) is 10.9 Å². The van der Waals surface area contributed by atoms with Crippen LogP contribution in [0.15, 0.2) is 56.4 Å². The van der Waals surface area contributed by atoms with E-state index in [1.54, 1.807) is 35.1 Å². The summed E-state index contributed by atoms with van der Waals surface area (Å²) in [6.45, 7) is 7.72. The average molecular weight is 481 g/mol. The number of sulfone groups is 1. The topological polar surface area (TPSA) is 67.6 Å². The number of aliphatic imine (C=N–C) groups is 1. The fourth-order valence-electron chi connectivity index (χ4n) is 3.74. The Hall–Kier alpha value is -1.61. The summed E-state index contributed by atoms with van der Waals surface area (Å²) in [5, 5.41) is 4.81. The molecule has 0 aromatic carbocycles. The van der Waals surface area contributed by atoms with E-state index in [0.29, 0.717) is 15.9 Å². The molecule has 2 aliphatic heterocycles. The number of nitrogens with zero attached hydrogens (tertiary/aromatic N) is 4. The SMILES string of the molecule is CC.CSc1nn2c(c1S(=O)(=O)C1C=CC=C(Cl)C=C1)N=C(C)C1C=C2CCN(C)C1. The fourth-order valence-corrected chi connectivity index (χ4v) is 6.45. The molecule has 9 heteroatoms. The maximum absolute atomic E-state index is 13.7. The van der Waals surface area contributed by atoms with Gasteiger partial charge in [0, 0.05) is 41.9 Å². The third-order valence-corrected chi connectivity index (χ3v) is 8.40. The molecule has 0 radical (unpaired) electrons. The lowest BCUT2D eigenvalue weighted by molar-refractivity contribution is 0.337. The first-order chi connectivity index (χ1) is 14.8. The van der Waals surface area contributed by atoms with Gasteiger partial charge in [0.1, 0.15) is 15.2 Å². The number of halogens is 1. The molecule has 3 aliphatic rings. The average Bonchev–Trinajstić information content (AvgIpc) is 2.88. The number of hydrogen-bond acceptors (Lipinski definition) is 6. The van der Waals surface area contributed by atoms with Gasteiger partial charge in [0.2, 0.25) is 0 Å². The predicted octanol–water partition coefficient (Wildman–Crippen LogP) is 4.92. The van der Waals surface area contributed by atoms with Gasteiger partial charge in [-0.15, -0.1) is 11.8 Å². The Bertz CT molecular complexity index is 1100. The van der Waals surface area contributed by atoms with Gasteiger partial charge in [-0.1, -0.05) is 49.8 Å². The Balaban J connectivity index is 0.00000132.